The van der Waals surface area contributed by atoms with E-state index >= 15 is 0 Å². The second-order valence-electron chi connectivity index (χ2n) is 3.45. The number of hydrogen-bond acceptors (Lipinski definition) is 4. The molecule has 1 rings (SSSR count). The lowest BCUT2D eigenvalue weighted by Crippen LogP contribution is -2.27. The van der Waals surface area contributed by atoms with E-state index in [1.165, 1.54) is 0 Å². The Hall–Kier alpha value is -1.41. The van der Waals surface area contributed by atoms with Crippen molar-refractivity contribution in [2.24, 2.45) is 0 Å². The summed E-state index contributed by atoms with van der Waals surface area (Å²) in [7, 11) is -3.26. The molecule has 0 aliphatic heterocycles. The van der Waals surface area contributed by atoms with Crippen LogP contribution in [-0.2, 0) is 10.0 Å². The Morgan fingerprint density at radius 1 is 1.24 bits per heavy atom. The van der Waals surface area contributed by atoms with Gasteiger partial charge in [-0.05, 0) is 0 Å². The van der Waals surface area contributed by atoms with Gasteiger partial charge < -0.3 is 11.1 Å². The molecule has 0 spiro atoms. The third kappa shape index (κ3) is 4.53. The summed E-state index contributed by atoms with van der Waals surface area (Å²) in [4.78, 5) is 0. The molecule has 0 saturated heterocycles. The van der Waals surface area contributed by atoms with Crippen molar-refractivity contribution in [3.8, 4) is 0 Å². The number of hydrogen-bond donors (Lipinski definition) is 3. The van der Waals surface area contributed by atoms with Crippen molar-refractivity contribution < 1.29 is 17.2 Å². The van der Waals surface area contributed by atoms with Crippen LogP contribution in [0.2, 0.25) is 0 Å². The van der Waals surface area contributed by atoms with Gasteiger partial charge in [-0.1, -0.05) is 0 Å². The summed E-state index contributed by atoms with van der Waals surface area (Å²) >= 11 is 0. The van der Waals surface area contributed by atoms with E-state index in [-0.39, 0.29) is 24.5 Å². The van der Waals surface area contributed by atoms with E-state index in [0.29, 0.717) is 0 Å². The van der Waals surface area contributed by atoms with E-state index in [9.17, 15) is 17.2 Å². The molecule has 0 atom stereocenters. The number of benzene rings is 1. The third-order valence-electron chi connectivity index (χ3n) is 1.90. The van der Waals surface area contributed by atoms with Crippen LogP contribution in [0.3, 0.4) is 0 Å². The number of nitrogens with one attached hydrogen (secondary N) is 2. The molecule has 0 saturated carbocycles. The first-order chi connectivity index (χ1) is 7.79. The second kappa shape index (κ2) is 5.28. The molecular formula is C9H13F2N3O2S. The smallest absolute Gasteiger partial charge is 0.208 e. The van der Waals surface area contributed by atoms with E-state index in [0.717, 1.165) is 18.4 Å². The van der Waals surface area contributed by atoms with Gasteiger partial charge in [-0.15, -0.1) is 0 Å². The monoisotopic (exact) mass is 265 g/mol. The molecule has 5 nitrogen and oxygen atoms in total. The van der Waals surface area contributed by atoms with Crippen molar-refractivity contribution in [1.29, 1.82) is 0 Å². The zero-order valence-electron chi connectivity index (χ0n) is 9.13. The number of rotatable bonds is 5. The van der Waals surface area contributed by atoms with Crippen molar-refractivity contribution in [2.75, 3.05) is 30.4 Å². The molecule has 0 amide bonds. The second-order valence-corrected chi connectivity index (χ2v) is 5.28. The fourth-order valence-corrected chi connectivity index (χ4v) is 1.62. The van der Waals surface area contributed by atoms with Crippen LogP contribution in [0.1, 0.15) is 0 Å². The molecule has 0 bridgehead atoms. The van der Waals surface area contributed by atoms with Crippen molar-refractivity contribution in [3.05, 3.63) is 23.8 Å². The zero-order chi connectivity index (χ0) is 13.1. The summed E-state index contributed by atoms with van der Waals surface area (Å²) in [5.74, 6) is -2.04. The van der Waals surface area contributed by atoms with Crippen LogP contribution in [0, 0.1) is 11.6 Å². The predicted octanol–water partition coefficient (Wildman–Crippen LogP) is 0.508. The Labute approximate surface area is 98.1 Å². The zero-order valence-corrected chi connectivity index (χ0v) is 9.94. The summed E-state index contributed by atoms with van der Waals surface area (Å²) in [6, 6.07) is 1.78. The first-order valence-electron chi connectivity index (χ1n) is 4.72. The van der Waals surface area contributed by atoms with Crippen LogP contribution in [0.4, 0.5) is 20.2 Å². The lowest BCUT2D eigenvalue weighted by Gasteiger charge is -2.09. The normalized spacial score (nSPS) is 11.5. The first kappa shape index (κ1) is 13.7. The van der Waals surface area contributed by atoms with Crippen LogP contribution < -0.4 is 15.8 Å². The van der Waals surface area contributed by atoms with Crippen LogP contribution in [-0.4, -0.2) is 27.8 Å². The standard InChI is InChI=1S/C9H13F2N3O2S/c1-17(15,16)14-3-2-13-9-5-7(11)6(10)4-8(9)12/h4-5,13-14H,2-3,12H2,1H3. The van der Waals surface area contributed by atoms with E-state index in [2.05, 4.69) is 10.0 Å². The van der Waals surface area contributed by atoms with Gasteiger partial charge in [0.15, 0.2) is 11.6 Å². The van der Waals surface area contributed by atoms with Crippen molar-refractivity contribution in [2.45, 2.75) is 0 Å². The Balaban J connectivity index is 2.55. The number of anilines is 2. The third-order valence-corrected chi connectivity index (χ3v) is 2.63. The Morgan fingerprint density at radius 3 is 2.41 bits per heavy atom. The molecule has 1 aromatic carbocycles. The van der Waals surface area contributed by atoms with Gasteiger partial charge in [0.05, 0.1) is 17.6 Å². The number of nitrogens with two attached hydrogens (primary N) is 1. The SMILES string of the molecule is CS(=O)(=O)NCCNc1cc(F)c(F)cc1N. The molecule has 0 fully saturated rings. The van der Waals surface area contributed by atoms with Gasteiger partial charge in [-0.3, -0.25) is 0 Å². The molecule has 96 valence electrons. The Kier molecular flexibility index (Phi) is 4.24. The number of halogens is 2. The average Bonchev–Trinajstić information content (AvgIpc) is 2.18. The summed E-state index contributed by atoms with van der Waals surface area (Å²) in [6.07, 6.45) is 1.03. The highest BCUT2D eigenvalue weighted by molar-refractivity contribution is 7.88. The quantitative estimate of drug-likeness (QED) is 0.535. The summed E-state index contributed by atoms with van der Waals surface area (Å²) < 4.78 is 49.3. The molecule has 0 unspecified atom stereocenters. The Bertz CT molecular complexity index is 505. The maximum absolute atomic E-state index is 12.9. The van der Waals surface area contributed by atoms with Gasteiger partial charge in [0.1, 0.15) is 0 Å². The highest BCUT2D eigenvalue weighted by atomic mass is 32.2. The molecule has 4 N–H and O–H groups in total. The van der Waals surface area contributed by atoms with Crippen molar-refractivity contribution in [3.63, 3.8) is 0 Å². The molecule has 0 heterocycles. The largest absolute Gasteiger partial charge is 0.397 e. The molecule has 0 aliphatic carbocycles. The molecule has 0 aliphatic rings. The first-order valence-corrected chi connectivity index (χ1v) is 6.62. The molecule has 8 heteroatoms. The summed E-state index contributed by atoms with van der Waals surface area (Å²) in [5, 5.41) is 2.69. The van der Waals surface area contributed by atoms with Gasteiger partial charge >= 0.3 is 0 Å². The maximum atomic E-state index is 12.9. The molecular weight excluding hydrogens is 252 g/mol. The minimum Gasteiger partial charge on any atom is -0.397 e. The maximum Gasteiger partial charge on any atom is 0.208 e. The minimum atomic E-state index is -3.26. The van der Waals surface area contributed by atoms with Gasteiger partial charge in [-0.25, -0.2) is 21.9 Å². The molecule has 0 aromatic heterocycles. The van der Waals surface area contributed by atoms with E-state index in [4.69, 9.17) is 5.73 Å². The van der Waals surface area contributed by atoms with Crippen molar-refractivity contribution in [1.82, 2.24) is 4.72 Å². The van der Waals surface area contributed by atoms with Crippen LogP contribution >= 0.6 is 0 Å². The summed E-state index contributed by atoms with van der Waals surface area (Å²) in [6.45, 7) is 0.333. The van der Waals surface area contributed by atoms with E-state index in [1.54, 1.807) is 0 Å². The Morgan fingerprint density at radius 2 is 1.82 bits per heavy atom. The fourth-order valence-electron chi connectivity index (χ4n) is 1.15. The fraction of sp³-hybridized carbons (Fsp3) is 0.333. The van der Waals surface area contributed by atoms with E-state index < -0.39 is 21.7 Å². The highest BCUT2D eigenvalue weighted by Gasteiger charge is 2.07. The average molecular weight is 265 g/mol. The van der Waals surface area contributed by atoms with Gasteiger partial charge in [0.2, 0.25) is 10.0 Å². The number of sulfonamides is 1. The lowest BCUT2D eigenvalue weighted by atomic mass is 10.2. The summed E-state index contributed by atoms with van der Waals surface area (Å²) in [5.41, 5.74) is 5.73. The number of nitrogen functional groups attached to an aromatic ring is 1. The van der Waals surface area contributed by atoms with Crippen LogP contribution in [0.5, 0.6) is 0 Å². The topological polar surface area (TPSA) is 84.2 Å². The highest BCUT2D eigenvalue weighted by Crippen LogP contribution is 2.21. The predicted molar refractivity (Wildman–Crippen MR) is 62.1 cm³/mol. The molecule has 0 radical (unpaired) electrons. The minimum absolute atomic E-state index is 0.0586. The van der Waals surface area contributed by atoms with Crippen LogP contribution in [0.15, 0.2) is 12.1 Å². The molecule has 1 aromatic rings. The van der Waals surface area contributed by atoms with Gasteiger partial charge in [-0.2, -0.15) is 0 Å². The van der Waals surface area contributed by atoms with Gasteiger partial charge in [0, 0.05) is 25.2 Å². The van der Waals surface area contributed by atoms with Crippen molar-refractivity contribution >= 4 is 21.4 Å². The lowest BCUT2D eigenvalue weighted by molar-refractivity contribution is 0.509. The van der Waals surface area contributed by atoms with E-state index in [1.807, 2.05) is 0 Å². The van der Waals surface area contributed by atoms with Gasteiger partial charge in [0.25, 0.3) is 0 Å². The van der Waals surface area contributed by atoms with Crippen LogP contribution in [0.25, 0.3) is 0 Å². The molecule has 17 heavy (non-hydrogen) atoms.